The number of ether oxygens (including phenoxy) is 1. The van der Waals surface area contributed by atoms with Crippen LogP contribution in [0.3, 0.4) is 0 Å². The first-order valence-corrected chi connectivity index (χ1v) is 6.23. The van der Waals surface area contributed by atoms with E-state index < -0.39 is 0 Å². The number of hydrogen-bond acceptors (Lipinski definition) is 3. The Labute approximate surface area is 117 Å². The standard InChI is InChI=1S/C11H7BrCl2N2O/c1-6-15-10(12)5-11(16-6)17-9-3-2-7(13)4-8(9)14/h2-5H,1H3. The highest BCUT2D eigenvalue weighted by atomic mass is 79.9. The fraction of sp³-hybridized carbons (Fsp3) is 0.0909. The number of halogens is 3. The highest BCUT2D eigenvalue weighted by Crippen LogP contribution is 2.31. The lowest BCUT2D eigenvalue weighted by atomic mass is 10.3. The van der Waals surface area contributed by atoms with Crippen LogP contribution < -0.4 is 4.74 Å². The third-order valence-corrected chi connectivity index (χ3v) is 2.83. The molecule has 17 heavy (non-hydrogen) atoms. The maximum atomic E-state index is 5.99. The van der Waals surface area contributed by atoms with Gasteiger partial charge in [-0.15, -0.1) is 0 Å². The van der Waals surface area contributed by atoms with Crippen LogP contribution in [0.5, 0.6) is 11.6 Å². The van der Waals surface area contributed by atoms with E-state index in [9.17, 15) is 0 Å². The molecular weight excluding hydrogens is 327 g/mol. The van der Waals surface area contributed by atoms with Crippen LogP contribution in [0.15, 0.2) is 28.9 Å². The Balaban J connectivity index is 2.31. The molecule has 0 atom stereocenters. The van der Waals surface area contributed by atoms with Crippen molar-refractivity contribution in [2.75, 3.05) is 0 Å². The highest BCUT2D eigenvalue weighted by Gasteiger charge is 2.06. The van der Waals surface area contributed by atoms with E-state index in [0.717, 1.165) is 0 Å². The van der Waals surface area contributed by atoms with Crippen molar-refractivity contribution >= 4 is 39.1 Å². The lowest BCUT2D eigenvalue weighted by Gasteiger charge is -2.07. The van der Waals surface area contributed by atoms with Gasteiger partial charge in [0.15, 0.2) is 0 Å². The molecule has 1 heterocycles. The number of rotatable bonds is 2. The molecule has 0 bridgehead atoms. The first kappa shape index (κ1) is 12.6. The van der Waals surface area contributed by atoms with Crippen molar-refractivity contribution in [1.29, 1.82) is 0 Å². The van der Waals surface area contributed by atoms with Crippen LogP contribution in [0.4, 0.5) is 0 Å². The number of aromatic nitrogens is 2. The molecule has 0 aliphatic heterocycles. The van der Waals surface area contributed by atoms with Gasteiger partial charge in [0, 0.05) is 11.1 Å². The summed E-state index contributed by atoms with van der Waals surface area (Å²) in [5, 5.41) is 0.993. The average Bonchev–Trinajstić information content (AvgIpc) is 2.21. The summed E-state index contributed by atoms with van der Waals surface area (Å²) in [6, 6.07) is 6.67. The molecule has 2 aromatic rings. The van der Waals surface area contributed by atoms with Crippen molar-refractivity contribution in [2.24, 2.45) is 0 Å². The van der Waals surface area contributed by atoms with Crippen LogP contribution in [-0.4, -0.2) is 9.97 Å². The summed E-state index contributed by atoms with van der Waals surface area (Å²) in [5.41, 5.74) is 0. The molecule has 0 fully saturated rings. The van der Waals surface area contributed by atoms with Crippen LogP contribution in [0, 0.1) is 6.92 Å². The van der Waals surface area contributed by atoms with Gasteiger partial charge >= 0.3 is 0 Å². The lowest BCUT2D eigenvalue weighted by molar-refractivity contribution is 0.459. The number of nitrogens with zero attached hydrogens (tertiary/aromatic N) is 2. The van der Waals surface area contributed by atoms with Gasteiger partial charge in [-0.3, -0.25) is 0 Å². The summed E-state index contributed by atoms with van der Waals surface area (Å²) < 4.78 is 6.21. The van der Waals surface area contributed by atoms with Crippen LogP contribution >= 0.6 is 39.1 Å². The van der Waals surface area contributed by atoms with E-state index in [4.69, 9.17) is 27.9 Å². The fourth-order valence-corrected chi connectivity index (χ4v) is 2.13. The van der Waals surface area contributed by atoms with Gasteiger partial charge in [0.05, 0.1) is 5.02 Å². The molecule has 1 aromatic carbocycles. The van der Waals surface area contributed by atoms with E-state index in [2.05, 4.69) is 25.9 Å². The third kappa shape index (κ3) is 3.31. The van der Waals surface area contributed by atoms with Gasteiger partial charge in [-0.05, 0) is 41.1 Å². The summed E-state index contributed by atoms with van der Waals surface area (Å²) in [4.78, 5) is 8.22. The molecule has 0 N–H and O–H groups in total. The summed E-state index contributed by atoms with van der Waals surface area (Å²) in [6.45, 7) is 1.78. The van der Waals surface area contributed by atoms with Gasteiger partial charge in [-0.25, -0.2) is 4.98 Å². The maximum absolute atomic E-state index is 5.99. The van der Waals surface area contributed by atoms with E-state index in [1.54, 1.807) is 31.2 Å². The summed E-state index contributed by atoms with van der Waals surface area (Å²) >= 11 is 15.1. The molecule has 6 heteroatoms. The molecule has 0 radical (unpaired) electrons. The Kier molecular flexibility index (Phi) is 3.86. The number of aryl methyl sites for hydroxylation is 1. The minimum absolute atomic E-state index is 0.425. The summed E-state index contributed by atoms with van der Waals surface area (Å²) in [7, 11) is 0. The van der Waals surface area contributed by atoms with Crippen molar-refractivity contribution in [1.82, 2.24) is 9.97 Å². The zero-order chi connectivity index (χ0) is 12.4. The van der Waals surface area contributed by atoms with E-state index in [0.29, 0.717) is 32.1 Å². The molecular formula is C11H7BrCl2N2O. The first-order chi connectivity index (χ1) is 8.04. The normalized spacial score (nSPS) is 10.4. The Morgan fingerprint density at radius 3 is 2.59 bits per heavy atom. The predicted octanol–water partition coefficient (Wildman–Crippen LogP) is 4.65. The Morgan fingerprint density at radius 1 is 1.18 bits per heavy atom. The minimum atomic E-state index is 0.425. The van der Waals surface area contributed by atoms with Crippen molar-refractivity contribution in [3.05, 3.63) is 44.7 Å². The monoisotopic (exact) mass is 332 g/mol. The fourth-order valence-electron chi connectivity index (χ4n) is 1.23. The second kappa shape index (κ2) is 5.21. The van der Waals surface area contributed by atoms with Gasteiger partial charge < -0.3 is 4.74 Å². The lowest BCUT2D eigenvalue weighted by Crippen LogP contribution is -1.93. The zero-order valence-electron chi connectivity index (χ0n) is 8.75. The van der Waals surface area contributed by atoms with E-state index in [1.807, 2.05) is 0 Å². The van der Waals surface area contributed by atoms with E-state index in [1.165, 1.54) is 0 Å². The summed E-state index contributed by atoms with van der Waals surface area (Å²) in [5.74, 6) is 1.54. The topological polar surface area (TPSA) is 35.0 Å². The van der Waals surface area contributed by atoms with Crippen LogP contribution in [0.2, 0.25) is 10.0 Å². The molecule has 0 aliphatic carbocycles. The molecule has 0 unspecified atom stereocenters. The maximum Gasteiger partial charge on any atom is 0.223 e. The molecule has 0 amide bonds. The van der Waals surface area contributed by atoms with Crippen molar-refractivity contribution in [3.63, 3.8) is 0 Å². The first-order valence-electron chi connectivity index (χ1n) is 4.69. The quantitative estimate of drug-likeness (QED) is 0.750. The Hall–Kier alpha value is -0.840. The molecule has 0 saturated heterocycles. The highest BCUT2D eigenvalue weighted by molar-refractivity contribution is 9.10. The smallest absolute Gasteiger partial charge is 0.223 e. The molecule has 2 rings (SSSR count). The number of benzene rings is 1. The van der Waals surface area contributed by atoms with Crippen LogP contribution in [0.1, 0.15) is 5.82 Å². The predicted molar refractivity (Wildman–Crippen MR) is 71.0 cm³/mol. The van der Waals surface area contributed by atoms with Gasteiger partial charge in [-0.1, -0.05) is 23.2 Å². The van der Waals surface area contributed by atoms with Crippen molar-refractivity contribution in [2.45, 2.75) is 6.92 Å². The van der Waals surface area contributed by atoms with Gasteiger partial charge in [0.25, 0.3) is 0 Å². The minimum Gasteiger partial charge on any atom is -0.437 e. The van der Waals surface area contributed by atoms with Crippen molar-refractivity contribution in [3.8, 4) is 11.6 Å². The van der Waals surface area contributed by atoms with Crippen LogP contribution in [-0.2, 0) is 0 Å². The third-order valence-electron chi connectivity index (χ3n) is 1.89. The molecule has 0 aliphatic rings. The number of hydrogen-bond donors (Lipinski definition) is 0. The van der Waals surface area contributed by atoms with E-state index in [-0.39, 0.29) is 0 Å². The Bertz CT molecular complexity index is 543. The molecule has 3 nitrogen and oxygen atoms in total. The van der Waals surface area contributed by atoms with Gasteiger partial charge in [0.1, 0.15) is 16.2 Å². The van der Waals surface area contributed by atoms with Gasteiger partial charge in [-0.2, -0.15) is 4.98 Å². The average molecular weight is 334 g/mol. The molecule has 0 saturated carbocycles. The SMILES string of the molecule is Cc1nc(Br)cc(Oc2ccc(Cl)cc2Cl)n1. The largest absolute Gasteiger partial charge is 0.437 e. The van der Waals surface area contributed by atoms with E-state index >= 15 is 0 Å². The molecule has 0 spiro atoms. The molecule has 1 aromatic heterocycles. The van der Waals surface area contributed by atoms with Gasteiger partial charge in [0.2, 0.25) is 5.88 Å². The summed E-state index contributed by atoms with van der Waals surface area (Å²) in [6.07, 6.45) is 0. The Morgan fingerprint density at radius 2 is 1.94 bits per heavy atom. The zero-order valence-corrected chi connectivity index (χ0v) is 11.8. The van der Waals surface area contributed by atoms with Crippen LogP contribution in [0.25, 0.3) is 0 Å². The second-order valence-electron chi connectivity index (χ2n) is 3.25. The van der Waals surface area contributed by atoms with Crippen molar-refractivity contribution < 1.29 is 4.74 Å². The molecule has 88 valence electrons. The second-order valence-corrected chi connectivity index (χ2v) is 4.91.